The van der Waals surface area contributed by atoms with Gasteiger partial charge in [0.2, 0.25) is 0 Å². The fraction of sp³-hybridized carbons (Fsp3) is 0.312. The van der Waals surface area contributed by atoms with Gasteiger partial charge in [0, 0.05) is 13.5 Å². The van der Waals surface area contributed by atoms with Crippen molar-refractivity contribution in [1.82, 2.24) is 5.32 Å². The van der Waals surface area contributed by atoms with Crippen LogP contribution in [0.25, 0.3) is 10.8 Å². The largest absolute Gasteiger partial charge is 0.489 e. The van der Waals surface area contributed by atoms with Crippen LogP contribution in [-0.2, 0) is 0 Å². The molecule has 1 N–H and O–H groups in total. The summed E-state index contributed by atoms with van der Waals surface area (Å²) in [5.74, 6) is 0.910. The van der Waals surface area contributed by atoms with E-state index in [0.717, 1.165) is 28.6 Å². The third-order valence-corrected chi connectivity index (χ3v) is 3.05. The molecule has 0 aromatic heterocycles. The molecule has 2 aromatic rings. The summed E-state index contributed by atoms with van der Waals surface area (Å²) in [5.41, 5.74) is 0.730. The SMILES string of the molecule is CNC[C@@H](C)Oc1ccc2ccc(C(C)=O)cc2c1.[HH]. The van der Waals surface area contributed by atoms with Crippen molar-refractivity contribution in [3.63, 3.8) is 0 Å². The second kappa shape index (κ2) is 5.85. The van der Waals surface area contributed by atoms with E-state index in [1.807, 2.05) is 50.4 Å². The first-order chi connectivity index (χ1) is 9.10. The molecule has 0 saturated heterocycles. The third kappa shape index (κ3) is 3.32. The Hall–Kier alpha value is -1.87. The minimum absolute atomic E-state index is 0. The molecule has 0 bridgehead atoms. The first-order valence-electron chi connectivity index (χ1n) is 6.46. The van der Waals surface area contributed by atoms with Gasteiger partial charge in [-0.1, -0.05) is 18.2 Å². The zero-order valence-corrected chi connectivity index (χ0v) is 11.6. The van der Waals surface area contributed by atoms with Crippen LogP contribution in [0.1, 0.15) is 25.6 Å². The van der Waals surface area contributed by atoms with Crippen LogP contribution < -0.4 is 10.1 Å². The number of carbonyl (C=O) groups is 1. The second-order valence-electron chi connectivity index (χ2n) is 4.77. The molecule has 0 saturated carbocycles. The first-order valence-corrected chi connectivity index (χ1v) is 6.46. The highest BCUT2D eigenvalue weighted by Crippen LogP contribution is 2.23. The summed E-state index contributed by atoms with van der Waals surface area (Å²) < 4.78 is 5.82. The number of ether oxygens (including phenoxy) is 1. The zero-order valence-electron chi connectivity index (χ0n) is 11.6. The number of Topliss-reactive ketones (excluding diaryl/α,β-unsaturated/α-hetero) is 1. The number of carbonyl (C=O) groups excluding carboxylic acids is 1. The summed E-state index contributed by atoms with van der Waals surface area (Å²) in [6, 6.07) is 11.7. The maximum absolute atomic E-state index is 11.4. The Morgan fingerprint density at radius 1 is 1.26 bits per heavy atom. The van der Waals surface area contributed by atoms with Gasteiger partial charge < -0.3 is 10.1 Å². The van der Waals surface area contributed by atoms with E-state index in [2.05, 4.69) is 5.32 Å². The number of fused-ring (bicyclic) bond motifs is 1. The lowest BCUT2D eigenvalue weighted by Gasteiger charge is -2.14. The van der Waals surface area contributed by atoms with Crippen molar-refractivity contribution in [2.45, 2.75) is 20.0 Å². The fourth-order valence-electron chi connectivity index (χ4n) is 2.08. The van der Waals surface area contributed by atoms with E-state index >= 15 is 0 Å². The van der Waals surface area contributed by atoms with Crippen molar-refractivity contribution in [2.75, 3.05) is 13.6 Å². The van der Waals surface area contributed by atoms with Crippen LogP contribution in [-0.4, -0.2) is 25.5 Å². The van der Waals surface area contributed by atoms with E-state index in [1.165, 1.54) is 0 Å². The van der Waals surface area contributed by atoms with Crippen LogP contribution in [0.2, 0.25) is 0 Å². The second-order valence-corrected chi connectivity index (χ2v) is 4.77. The molecule has 0 spiro atoms. The van der Waals surface area contributed by atoms with E-state index < -0.39 is 0 Å². The summed E-state index contributed by atoms with van der Waals surface area (Å²) in [4.78, 5) is 11.4. The number of ketones is 1. The Morgan fingerprint density at radius 3 is 2.68 bits per heavy atom. The van der Waals surface area contributed by atoms with Crippen LogP contribution in [0, 0.1) is 0 Å². The zero-order chi connectivity index (χ0) is 13.8. The van der Waals surface area contributed by atoms with Gasteiger partial charge in [0.1, 0.15) is 11.9 Å². The van der Waals surface area contributed by atoms with Crippen molar-refractivity contribution in [3.05, 3.63) is 42.0 Å². The monoisotopic (exact) mass is 259 g/mol. The van der Waals surface area contributed by atoms with Gasteiger partial charge in [0.05, 0.1) is 0 Å². The number of hydrogen-bond acceptors (Lipinski definition) is 3. The maximum atomic E-state index is 11.4. The van der Waals surface area contributed by atoms with E-state index in [0.29, 0.717) is 0 Å². The van der Waals surface area contributed by atoms with Crippen LogP contribution in [0.15, 0.2) is 36.4 Å². The molecule has 3 nitrogen and oxygen atoms in total. The van der Waals surface area contributed by atoms with Gasteiger partial charge >= 0.3 is 0 Å². The van der Waals surface area contributed by atoms with Crippen LogP contribution >= 0.6 is 0 Å². The summed E-state index contributed by atoms with van der Waals surface area (Å²) in [5, 5.41) is 5.22. The van der Waals surface area contributed by atoms with Gasteiger partial charge in [-0.2, -0.15) is 0 Å². The van der Waals surface area contributed by atoms with Crippen molar-refractivity contribution in [1.29, 1.82) is 0 Å². The standard InChI is InChI=1S/C16H19NO2.H2/c1-11(10-17-3)19-16-7-6-13-4-5-14(12(2)18)8-15(13)9-16;/h4-9,11,17H,10H2,1-3H3;1H/t11-;/m1./s1. The van der Waals surface area contributed by atoms with E-state index in [-0.39, 0.29) is 13.3 Å². The lowest BCUT2D eigenvalue weighted by Crippen LogP contribution is -2.25. The molecule has 0 aliphatic heterocycles. The summed E-state index contributed by atoms with van der Waals surface area (Å²) in [6.45, 7) is 4.40. The third-order valence-electron chi connectivity index (χ3n) is 3.05. The van der Waals surface area contributed by atoms with Gasteiger partial charge in [-0.3, -0.25) is 4.79 Å². The normalized spacial score (nSPS) is 12.4. The highest BCUT2D eigenvalue weighted by Gasteiger charge is 2.05. The average Bonchev–Trinajstić information content (AvgIpc) is 2.38. The van der Waals surface area contributed by atoms with Gasteiger partial charge in [-0.05, 0) is 49.9 Å². The van der Waals surface area contributed by atoms with E-state index in [1.54, 1.807) is 6.92 Å². The Bertz CT molecular complexity index is 598. The molecule has 0 fully saturated rings. The summed E-state index contributed by atoms with van der Waals surface area (Å²) in [7, 11) is 1.90. The number of rotatable bonds is 5. The molecule has 1 atom stereocenters. The Labute approximate surface area is 115 Å². The Balaban J connectivity index is 0.00000200. The Morgan fingerprint density at radius 2 is 2.00 bits per heavy atom. The van der Waals surface area contributed by atoms with Crippen molar-refractivity contribution >= 4 is 16.6 Å². The first kappa shape index (κ1) is 13.6. The van der Waals surface area contributed by atoms with Gasteiger partial charge in [-0.15, -0.1) is 0 Å². The van der Waals surface area contributed by atoms with Crippen molar-refractivity contribution in [2.24, 2.45) is 0 Å². The predicted molar refractivity (Wildman–Crippen MR) is 80.1 cm³/mol. The van der Waals surface area contributed by atoms with E-state index in [4.69, 9.17) is 4.74 Å². The molecule has 3 heteroatoms. The molecule has 0 heterocycles. The van der Waals surface area contributed by atoms with Crippen molar-refractivity contribution < 1.29 is 11.0 Å². The summed E-state index contributed by atoms with van der Waals surface area (Å²) in [6.07, 6.45) is 0.110. The number of benzene rings is 2. The lowest BCUT2D eigenvalue weighted by atomic mass is 10.0. The van der Waals surface area contributed by atoms with Gasteiger partial charge in [0.25, 0.3) is 0 Å². The maximum Gasteiger partial charge on any atom is 0.159 e. The smallest absolute Gasteiger partial charge is 0.159 e. The molecule has 19 heavy (non-hydrogen) atoms. The molecular formula is C16H21NO2. The van der Waals surface area contributed by atoms with Crippen molar-refractivity contribution in [3.8, 4) is 5.75 Å². The minimum atomic E-state index is 0. The van der Waals surface area contributed by atoms with Gasteiger partial charge in [0.15, 0.2) is 5.78 Å². The van der Waals surface area contributed by atoms with Crippen LogP contribution in [0.3, 0.4) is 0 Å². The fourth-order valence-corrected chi connectivity index (χ4v) is 2.08. The highest BCUT2D eigenvalue weighted by atomic mass is 16.5. The van der Waals surface area contributed by atoms with Gasteiger partial charge in [-0.25, -0.2) is 0 Å². The average molecular weight is 259 g/mol. The molecule has 0 amide bonds. The molecule has 2 rings (SSSR count). The molecule has 102 valence electrons. The minimum Gasteiger partial charge on any atom is -0.489 e. The lowest BCUT2D eigenvalue weighted by molar-refractivity contribution is 0.101. The quantitative estimate of drug-likeness (QED) is 0.837. The topological polar surface area (TPSA) is 38.3 Å². The molecule has 0 aliphatic rings. The predicted octanol–water partition coefficient (Wildman–Crippen LogP) is 3.28. The number of likely N-dealkylation sites (N-methyl/N-ethyl adjacent to an activating group) is 1. The molecule has 0 unspecified atom stereocenters. The van der Waals surface area contributed by atoms with E-state index in [9.17, 15) is 4.79 Å². The Kier molecular flexibility index (Phi) is 4.17. The number of nitrogens with one attached hydrogen (secondary N) is 1. The number of hydrogen-bond donors (Lipinski definition) is 1. The molecule has 0 aliphatic carbocycles. The molecule has 0 radical (unpaired) electrons. The summed E-state index contributed by atoms with van der Waals surface area (Å²) >= 11 is 0. The van der Waals surface area contributed by atoms with Crippen LogP contribution in [0.4, 0.5) is 0 Å². The molecule has 2 aromatic carbocycles. The van der Waals surface area contributed by atoms with Crippen LogP contribution in [0.5, 0.6) is 5.75 Å². The highest BCUT2D eigenvalue weighted by molar-refractivity contribution is 5.98. The molecular weight excluding hydrogens is 238 g/mol.